The lowest BCUT2D eigenvalue weighted by Crippen LogP contribution is -2.47. The summed E-state index contributed by atoms with van der Waals surface area (Å²) < 4.78 is 38.4. The number of rotatable bonds is 15. The summed E-state index contributed by atoms with van der Waals surface area (Å²) in [7, 11) is 0. The molecule has 0 saturated heterocycles. The standard InChI is InChI=1S/C24H40F2O3/c1-6-7-8-9-10-11-12-21(24(27,28-18(2)3)29-19(4)5)15-13-20-14-16-22(25)23(26)17-20/h14,16-19,21,27H,6-13,15H2,1-5H3. The van der Waals surface area contributed by atoms with Gasteiger partial charge >= 0.3 is 0 Å². The molecule has 1 aromatic carbocycles. The van der Waals surface area contributed by atoms with Crippen molar-refractivity contribution in [2.24, 2.45) is 5.92 Å². The van der Waals surface area contributed by atoms with E-state index in [1.54, 1.807) is 6.07 Å². The zero-order valence-electron chi connectivity index (χ0n) is 18.8. The maximum absolute atomic E-state index is 13.6. The Kier molecular flexibility index (Phi) is 11.9. The van der Waals surface area contributed by atoms with Gasteiger partial charge in [-0.3, -0.25) is 0 Å². The van der Waals surface area contributed by atoms with E-state index in [4.69, 9.17) is 9.47 Å². The van der Waals surface area contributed by atoms with Gasteiger partial charge in [0.1, 0.15) is 0 Å². The third-order valence-corrected chi connectivity index (χ3v) is 5.00. The largest absolute Gasteiger partial charge is 0.343 e. The average molecular weight is 415 g/mol. The zero-order valence-corrected chi connectivity index (χ0v) is 18.8. The molecule has 0 aliphatic rings. The SMILES string of the molecule is CCCCCCCCC(CCc1ccc(F)c(F)c1)C(O)(OC(C)C)OC(C)C. The maximum Gasteiger partial charge on any atom is 0.283 e. The molecular weight excluding hydrogens is 374 g/mol. The van der Waals surface area contributed by atoms with E-state index < -0.39 is 17.6 Å². The molecule has 0 amide bonds. The number of aliphatic hydroxyl groups is 1. The molecule has 0 aromatic heterocycles. The lowest BCUT2D eigenvalue weighted by molar-refractivity contribution is -0.407. The molecule has 29 heavy (non-hydrogen) atoms. The summed E-state index contributed by atoms with van der Waals surface area (Å²) in [5, 5.41) is 11.3. The zero-order chi connectivity index (χ0) is 21.9. The fourth-order valence-corrected chi connectivity index (χ4v) is 3.61. The fourth-order valence-electron chi connectivity index (χ4n) is 3.61. The molecule has 0 radical (unpaired) electrons. The molecule has 0 heterocycles. The fraction of sp³-hybridized carbons (Fsp3) is 0.750. The number of hydrogen-bond acceptors (Lipinski definition) is 3. The first-order valence-electron chi connectivity index (χ1n) is 11.2. The highest BCUT2D eigenvalue weighted by Gasteiger charge is 2.40. The van der Waals surface area contributed by atoms with Crippen LogP contribution in [0, 0.1) is 17.6 Å². The number of aryl methyl sites for hydroxylation is 1. The minimum atomic E-state index is -1.69. The lowest BCUT2D eigenvalue weighted by atomic mass is 9.91. The lowest BCUT2D eigenvalue weighted by Gasteiger charge is -2.38. The Labute approximate surface area is 175 Å². The third-order valence-electron chi connectivity index (χ3n) is 5.00. The second-order valence-corrected chi connectivity index (χ2v) is 8.50. The highest BCUT2D eigenvalue weighted by atomic mass is 19.2. The molecule has 0 bridgehead atoms. The van der Waals surface area contributed by atoms with Gasteiger partial charge in [0.2, 0.25) is 0 Å². The molecule has 0 fully saturated rings. The molecule has 3 nitrogen and oxygen atoms in total. The Morgan fingerprint density at radius 1 is 0.862 bits per heavy atom. The summed E-state index contributed by atoms with van der Waals surface area (Å²) in [5.74, 6) is -3.64. The van der Waals surface area contributed by atoms with Crippen LogP contribution in [-0.2, 0) is 15.9 Å². The Morgan fingerprint density at radius 3 is 2.00 bits per heavy atom. The number of hydrogen-bond donors (Lipinski definition) is 1. The van der Waals surface area contributed by atoms with Gasteiger partial charge in [-0.15, -0.1) is 0 Å². The van der Waals surface area contributed by atoms with Gasteiger partial charge in [0.25, 0.3) is 5.97 Å². The molecule has 1 N–H and O–H groups in total. The number of unbranched alkanes of at least 4 members (excludes halogenated alkanes) is 5. The molecule has 0 aliphatic carbocycles. The van der Waals surface area contributed by atoms with Crippen LogP contribution in [0.3, 0.4) is 0 Å². The van der Waals surface area contributed by atoms with E-state index in [-0.39, 0.29) is 18.1 Å². The number of halogens is 2. The first-order valence-corrected chi connectivity index (χ1v) is 11.2. The van der Waals surface area contributed by atoms with Crippen molar-refractivity contribution in [1.82, 2.24) is 0 Å². The van der Waals surface area contributed by atoms with Gasteiger partial charge < -0.3 is 14.6 Å². The van der Waals surface area contributed by atoms with Crippen LogP contribution in [-0.4, -0.2) is 23.3 Å². The van der Waals surface area contributed by atoms with Crippen molar-refractivity contribution in [2.45, 2.75) is 111 Å². The van der Waals surface area contributed by atoms with E-state index >= 15 is 0 Å². The summed E-state index contributed by atoms with van der Waals surface area (Å²) in [6.45, 7) is 9.66. The van der Waals surface area contributed by atoms with Crippen LogP contribution in [0.5, 0.6) is 0 Å². The summed E-state index contributed by atoms with van der Waals surface area (Å²) in [6, 6.07) is 3.96. The summed E-state index contributed by atoms with van der Waals surface area (Å²) in [6.07, 6.45) is 8.37. The van der Waals surface area contributed by atoms with Crippen LogP contribution in [0.25, 0.3) is 0 Å². The number of benzene rings is 1. The summed E-state index contributed by atoms with van der Waals surface area (Å²) in [4.78, 5) is 0. The molecule has 0 spiro atoms. The van der Waals surface area contributed by atoms with E-state index in [9.17, 15) is 13.9 Å². The first-order chi connectivity index (χ1) is 13.7. The topological polar surface area (TPSA) is 38.7 Å². The van der Waals surface area contributed by atoms with E-state index in [0.29, 0.717) is 18.4 Å². The van der Waals surface area contributed by atoms with Gasteiger partial charge in [0, 0.05) is 5.92 Å². The molecule has 1 rings (SSSR count). The second-order valence-electron chi connectivity index (χ2n) is 8.50. The Balaban J connectivity index is 2.84. The third kappa shape index (κ3) is 10.0. The first kappa shape index (κ1) is 26.0. The van der Waals surface area contributed by atoms with Gasteiger partial charge in [-0.25, -0.2) is 8.78 Å². The minimum absolute atomic E-state index is 0.200. The molecule has 1 unspecified atom stereocenters. The molecule has 1 atom stereocenters. The van der Waals surface area contributed by atoms with Crippen molar-refractivity contribution in [2.75, 3.05) is 0 Å². The van der Waals surface area contributed by atoms with Crippen molar-refractivity contribution in [1.29, 1.82) is 0 Å². The Hall–Kier alpha value is -1.04. The Bertz CT molecular complexity index is 565. The van der Waals surface area contributed by atoms with Gasteiger partial charge in [0.15, 0.2) is 11.6 Å². The molecule has 1 aromatic rings. The van der Waals surface area contributed by atoms with Gasteiger partial charge in [0.05, 0.1) is 12.2 Å². The highest BCUT2D eigenvalue weighted by molar-refractivity contribution is 5.17. The molecule has 168 valence electrons. The summed E-state index contributed by atoms with van der Waals surface area (Å²) >= 11 is 0. The van der Waals surface area contributed by atoms with Crippen LogP contribution in [0.15, 0.2) is 18.2 Å². The highest BCUT2D eigenvalue weighted by Crippen LogP contribution is 2.33. The van der Waals surface area contributed by atoms with E-state index in [2.05, 4.69) is 6.92 Å². The van der Waals surface area contributed by atoms with E-state index in [1.165, 1.54) is 31.7 Å². The normalized spacial score (nSPS) is 13.4. The van der Waals surface area contributed by atoms with Crippen molar-refractivity contribution < 1.29 is 23.4 Å². The van der Waals surface area contributed by atoms with E-state index in [1.807, 2.05) is 27.7 Å². The van der Waals surface area contributed by atoms with Crippen molar-refractivity contribution in [3.8, 4) is 0 Å². The van der Waals surface area contributed by atoms with Gasteiger partial charge in [-0.2, -0.15) is 0 Å². The van der Waals surface area contributed by atoms with Crippen LogP contribution < -0.4 is 0 Å². The smallest absolute Gasteiger partial charge is 0.283 e. The predicted molar refractivity (Wildman–Crippen MR) is 114 cm³/mol. The van der Waals surface area contributed by atoms with Crippen molar-refractivity contribution in [3.63, 3.8) is 0 Å². The second kappa shape index (κ2) is 13.3. The molecule has 0 aliphatic heterocycles. The number of ether oxygens (including phenoxy) is 2. The minimum Gasteiger partial charge on any atom is -0.343 e. The van der Waals surface area contributed by atoms with Crippen LogP contribution in [0.2, 0.25) is 0 Å². The van der Waals surface area contributed by atoms with Crippen molar-refractivity contribution >= 4 is 0 Å². The van der Waals surface area contributed by atoms with Gasteiger partial charge in [-0.05, 0) is 64.7 Å². The summed E-state index contributed by atoms with van der Waals surface area (Å²) in [5.41, 5.74) is 0.702. The van der Waals surface area contributed by atoms with Gasteiger partial charge in [-0.1, -0.05) is 51.5 Å². The maximum atomic E-state index is 13.6. The van der Waals surface area contributed by atoms with Crippen LogP contribution in [0.1, 0.15) is 91.5 Å². The van der Waals surface area contributed by atoms with Crippen LogP contribution in [0.4, 0.5) is 8.78 Å². The molecule has 0 saturated carbocycles. The predicted octanol–water partition coefficient (Wildman–Crippen LogP) is 6.76. The Morgan fingerprint density at radius 2 is 1.45 bits per heavy atom. The van der Waals surface area contributed by atoms with Crippen LogP contribution >= 0.6 is 0 Å². The monoisotopic (exact) mass is 414 g/mol. The van der Waals surface area contributed by atoms with E-state index in [0.717, 1.165) is 25.3 Å². The average Bonchev–Trinajstić information content (AvgIpc) is 2.61. The molecule has 5 heteroatoms. The molecular formula is C24H40F2O3. The van der Waals surface area contributed by atoms with Crippen molar-refractivity contribution in [3.05, 3.63) is 35.4 Å². The quantitative estimate of drug-likeness (QED) is 0.254.